The third-order valence-electron chi connectivity index (χ3n) is 12.2. The van der Waals surface area contributed by atoms with E-state index in [1.54, 1.807) is 0 Å². The zero-order valence-electron chi connectivity index (χ0n) is 32.6. The van der Waals surface area contributed by atoms with E-state index in [2.05, 4.69) is 148 Å². The van der Waals surface area contributed by atoms with Gasteiger partial charge in [0, 0.05) is 60.8 Å². The minimum Gasteiger partial charge on any atom is -0.344 e. The first-order chi connectivity index (χ1) is 25.8. The van der Waals surface area contributed by atoms with Gasteiger partial charge in [-0.2, -0.15) is 0 Å². The molecule has 0 spiro atoms. The van der Waals surface area contributed by atoms with Crippen LogP contribution in [-0.2, 0) is 20.4 Å². The Balaban J connectivity index is 1.28. The summed E-state index contributed by atoms with van der Waals surface area (Å²) in [6.45, 7) is 15.0. The molecule has 7 heteroatoms. The van der Waals surface area contributed by atoms with Crippen molar-refractivity contribution in [1.82, 2.24) is 9.80 Å². The second-order valence-electron chi connectivity index (χ2n) is 15.8. The lowest BCUT2D eigenvalue weighted by molar-refractivity contribution is -0.134. The maximum Gasteiger partial charge on any atom is 0.333 e. The number of allylic oxidation sites excluding steroid dienone is 9. The van der Waals surface area contributed by atoms with Gasteiger partial charge in [-0.05, 0) is 100 Å². The summed E-state index contributed by atoms with van der Waals surface area (Å²) in [5.41, 5.74) is 9.27. The molecular weight excluding hydrogens is 669 g/mol. The van der Waals surface area contributed by atoms with Crippen molar-refractivity contribution in [3.05, 3.63) is 142 Å². The highest BCUT2D eigenvalue weighted by Gasteiger charge is 2.44. The average Bonchev–Trinajstić information content (AvgIpc) is 3.74. The van der Waals surface area contributed by atoms with Crippen LogP contribution < -0.4 is 9.80 Å². The predicted octanol–water partition coefficient (Wildman–Crippen LogP) is 9.69. The summed E-state index contributed by atoms with van der Waals surface area (Å²) in [5.74, 6) is -1.13. The summed E-state index contributed by atoms with van der Waals surface area (Å²) in [4.78, 5) is 47.6. The first-order valence-electron chi connectivity index (χ1n) is 19.1. The Morgan fingerprint density at radius 2 is 0.963 bits per heavy atom. The van der Waals surface area contributed by atoms with Gasteiger partial charge in [-0.1, -0.05) is 101 Å². The molecule has 4 amide bonds. The minimum absolute atomic E-state index is 0.0472. The van der Waals surface area contributed by atoms with E-state index in [1.165, 1.54) is 58.1 Å². The molecule has 2 fully saturated rings. The van der Waals surface area contributed by atoms with Crippen molar-refractivity contribution in [2.45, 2.75) is 65.2 Å². The average molecular weight is 717 g/mol. The molecule has 4 aromatic carbocycles. The smallest absolute Gasteiger partial charge is 0.333 e. The predicted molar refractivity (Wildman–Crippen MR) is 220 cm³/mol. The number of hydrogen-bond acceptors (Lipinski definition) is 5. The molecule has 7 nitrogen and oxygen atoms in total. The first-order valence-corrected chi connectivity index (χ1v) is 19.1. The Labute approximate surface area is 318 Å². The molecule has 1 saturated heterocycles. The van der Waals surface area contributed by atoms with Crippen molar-refractivity contribution < 1.29 is 14.4 Å². The van der Waals surface area contributed by atoms with Crippen LogP contribution in [0.5, 0.6) is 0 Å². The number of amides is 4. The van der Waals surface area contributed by atoms with Crippen molar-refractivity contribution in [1.29, 1.82) is 0 Å². The van der Waals surface area contributed by atoms with Crippen molar-refractivity contribution in [2.75, 3.05) is 37.0 Å². The maximum absolute atomic E-state index is 13.9. The van der Waals surface area contributed by atoms with Crippen LogP contribution in [0, 0.1) is 0 Å². The Kier molecular flexibility index (Phi) is 8.33. The lowest BCUT2D eigenvalue weighted by atomic mass is 9.81. The van der Waals surface area contributed by atoms with E-state index in [9.17, 15) is 14.4 Å². The van der Waals surface area contributed by atoms with Crippen molar-refractivity contribution in [3.8, 4) is 0 Å². The lowest BCUT2D eigenvalue weighted by Gasteiger charge is -2.30. The molecule has 8 rings (SSSR count). The standard InChI is InChI=1S/C47H48N4O3/c1-9-50-35-25-21-29-15-11-13-17-33(29)41(35)46(3,4)37(50)27-23-31-19-20-32(39(31)40-43(52)48(7)45(54)49(8)44(40)53)24-28-38-47(5,6)42-34-18-14-12-16-30(34)22-26-36(42)51(38)10-2/h11-18,21-28H,9-10,19-20H2,1-8H3/b31-23+,32-24+,37-27+,38-28+. The van der Waals surface area contributed by atoms with Crippen LogP contribution in [0.4, 0.5) is 16.2 Å². The number of likely N-dealkylation sites (N-methyl/N-ethyl adjacent to an activating group) is 4. The largest absolute Gasteiger partial charge is 0.344 e. The fourth-order valence-electron chi connectivity index (χ4n) is 9.53. The van der Waals surface area contributed by atoms with Crippen LogP contribution in [0.25, 0.3) is 21.5 Å². The first kappa shape index (κ1) is 35.3. The van der Waals surface area contributed by atoms with Gasteiger partial charge in [0.2, 0.25) is 0 Å². The molecule has 54 heavy (non-hydrogen) atoms. The van der Waals surface area contributed by atoms with Crippen molar-refractivity contribution in [3.63, 3.8) is 0 Å². The Morgan fingerprint density at radius 3 is 1.37 bits per heavy atom. The monoisotopic (exact) mass is 716 g/mol. The molecule has 0 aromatic heterocycles. The fraction of sp³-hybridized carbons (Fsp3) is 0.298. The molecule has 274 valence electrons. The van der Waals surface area contributed by atoms with E-state index in [0.717, 1.165) is 45.4 Å². The highest BCUT2D eigenvalue weighted by atomic mass is 16.2. The molecule has 0 atom stereocenters. The summed E-state index contributed by atoms with van der Waals surface area (Å²) in [6.07, 6.45) is 9.92. The molecule has 0 bridgehead atoms. The fourth-order valence-corrected chi connectivity index (χ4v) is 9.53. The van der Waals surface area contributed by atoms with Gasteiger partial charge in [-0.3, -0.25) is 19.4 Å². The molecule has 3 aliphatic heterocycles. The maximum atomic E-state index is 13.9. The highest BCUT2D eigenvalue weighted by Crippen LogP contribution is 2.52. The minimum atomic E-state index is -0.625. The summed E-state index contributed by atoms with van der Waals surface area (Å²) >= 11 is 0. The van der Waals surface area contributed by atoms with Gasteiger partial charge >= 0.3 is 6.03 Å². The second-order valence-corrected chi connectivity index (χ2v) is 15.8. The van der Waals surface area contributed by atoms with Gasteiger partial charge in [0.05, 0.1) is 0 Å². The van der Waals surface area contributed by atoms with E-state index < -0.39 is 17.8 Å². The number of carbonyl (C=O) groups excluding carboxylic acids is 3. The lowest BCUT2D eigenvalue weighted by Crippen LogP contribution is -2.53. The quantitative estimate of drug-likeness (QED) is 0.156. The number of hydrogen-bond donors (Lipinski definition) is 0. The Hall–Kier alpha value is -5.69. The third-order valence-corrected chi connectivity index (χ3v) is 12.2. The van der Waals surface area contributed by atoms with Gasteiger partial charge in [-0.15, -0.1) is 0 Å². The molecule has 4 aromatic rings. The number of barbiturate groups is 1. The third kappa shape index (κ3) is 5.04. The van der Waals surface area contributed by atoms with E-state index in [4.69, 9.17) is 0 Å². The molecule has 4 aliphatic rings. The van der Waals surface area contributed by atoms with Gasteiger partial charge in [0.1, 0.15) is 5.57 Å². The SMILES string of the molecule is CCN1/C(=C/C=C2\CC/C(=C\C=C3\N(CC)c4ccc5ccccc5c4C3(C)C)C2=C2C(=O)N(C)C(=O)N(C)C2=O)C(C)(C)c2c1ccc1ccccc21. The number of urea groups is 1. The van der Waals surface area contributed by atoms with E-state index in [0.29, 0.717) is 18.4 Å². The van der Waals surface area contributed by atoms with Crippen molar-refractivity contribution >= 4 is 50.8 Å². The number of fused-ring (bicyclic) bond motifs is 6. The van der Waals surface area contributed by atoms with E-state index >= 15 is 0 Å². The number of benzene rings is 4. The summed E-state index contributed by atoms with van der Waals surface area (Å²) in [7, 11) is 2.90. The number of rotatable bonds is 4. The number of imide groups is 2. The van der Waals surface area contributed by atoms with Gasteiger partial charge in [-0.25, -0.2) is 4.79 Å². The summed E-state index contributed by atoms with van der Waals surface area (Å²) in [6, 6.07) is 25.3. The van der Waals surface area contributed by atoms with Crippen LogP contribution in [0.15, 0.2) is 131 Å². The molecule has 0 N–H and O–H groups in total. The zero-order chi connectivity index (χ0) is 38.3. The van der Waals surface area contributed by atoms with Crippen LogP contribution in [-0.4, -0.2) is 54.8 Å². The van der Waals surface area contributed by atoms with Crippen LogP contribution in [0.3, 0.4) is 0 Å². The zero-order valence-corrected chi connectivity index (χ0v) is 32.6. The second kappa shape index (κ2) is 12.7. The Morgan fingerprint density at radius 1 is 0.556 bits per heavy atom. The van der Waals surface area contributed by atoms with Gasteiger partial charge < -0.3 is 9.80 Å². The molecule has 0 unspecified atom stereocenters. The topological polar surface area (TPSA) is 64.2 Å². The normalized spacial score (nSPS) is 22.4. The van der Waals surface area contributed by atoms with Crippen LogP contribution >= 0.6 is 0 Å². The van der Waals surface area contributed by atoms with Gasteiger partial charge in [0.15, 0.2) is 0 Å². The molecular formula is C47H48N4O3. The number of anilines is 2. The molecule has 3 heterocycles. The van der Waals surface area contributed by atoms with Crippen LogP contribution in [0.1, 0.15) is 65.5 Å². The summed E-state index contributed by atoms with van der Waals surface area (Å²) in [5, 5.41) is 4.92. The van der Waals surface area contributed by atoms with Crippen molar-refractivity contribution in [2.24, 2.45) is 0 Å². The Bertz CT molecular complexity index is 2310. The number of carbonyl (C=O) groups is 3. The summed E-state index contributed by atoms with van der Waals surface area (Å²) < 4.78 is 0. The van der Waals surface area contributed by atoms with Gasteiger partial charge in [0.25, 0.3) is 11.8 Å². The number of nitrogens with zero attached hydrogens (tertiary/aromatic N) is 4. The van der Waals surface area contributed by atoms with E-state index in [-0.39, 0.29) is 16.4 Å². The highest BCUT2D eigenvalue weighted by molar-refractivity contribution is 6.29. The molecule has 1 saturated carbocycles. The molecule has 1 aliphatic carbocycles. The molecule has 0 radical (unpaired) electrons. The van der Waals surface area contributed by atoms with Crippen LogP contribution in [0.2, 0.25) is 0 Å². The van der Waals surface area contributed by atoms with E-state index in [1.807, 2.05) is 0 Å².